The Kier molecular flexibility index (Phi) is 4.63. The number of hydrogen-bond donors (Lipinski definition) is 2. The van der Waals surface area contributed by atoms with Crippen molar-refractivity contribution in [2.45, 2.75) is 58.4 Å². The Bertz CT molecular complexity index is 796. The van der Waals surface area contributed by atoms with Gasteiger partial charge in [-0.2, -0.15) is 13.2 Å². The molecule has 0 fully saturated rings. The van der Waals surface area contributed by atoms with Crippen molar-refractivity contribution < 1.29 is 23.1 Å². The second-order valence-electron chi connectivity index (χ2n) is 7.68. The number of nitrogens with zero attached hydrogens (tertiary/aromatic N) is 2. The first-order chi connectivity index (χ1) is 11.2. The fourth-order valence-electron chi connectivity index (χ4n) is 2.58. The average molecular weight is 357 g/mol. The Balaban J connectivity index is 2.55. The molecule has 0 saturated carbocycles. The van der Waals surface area contributed by atoms with Gasteiger partial charge in [-0.15, -0.1) is 0 Å². The second kappa shape index (κ2) is 6.01. The molecule has 1 aromatic carbocycles. The van der Waals surface area contributed by atoms with Crippen LogP contribution in [-0.2, 0) is 16.5 Å². The fourth-order valence-corrected chi connectivity index (χ4v) is 2.58. The summed E-state index contributed by atoms with van der Waals surface area (Å²) < 4.78 is 40.6. The Labute approximate surface area is 143 Å². The molecule has 1 aromatic heterocycles. The molecule has 1 heterocycles. The van der Waals surface area contributed by atoms with E-state index >= 15 is 0 Å². The molecule has 1 amide bonds. The Morgan fingerprint density at radius 3 is 2.28 bits per heavy atom. The SMILES string of the molecule is CC(C)(O)CC(=O)Nc1nc2ccc(C(F)(F)F)cc2n1C(C)(C)C. The summed E-state index contributed by atoms with van der Waals surface area (Å²) in [6, 6.07) is 3.27. The number of benzene rings is 1. The van der Waals surface area contributed by atoms with Gasteiger partial charge in [0.2, 0.25) is 11.9 Å². The molecule has 5 nitrogen and oxygen atoms in total. The highest BCUT2D eigenvalue weighted by molar-refractivity contribution is 5.92. The molecule has 0 unspecified atom stereocenters. The van der Waals surface area contributed by atoms with E-state index in [0.717, 1.165) is 12.1 Å². The van der Waals surface area contributed by atoms with E-state index in [1.54, 1.807) is 25.3 Å². The minimum Gasteiger partial charge on any atom is -0.390 e. The van der Waals surface area contributed by atoms with Gasteiger partial charge >= 0.3 is 6.18 Å². The molecule has 0 aliphatic rings. The lowest BCUT2D eigenvalue weighted by molar-refractivity contribution is -0.137. The fraction of sp³-hybridized carbons (Fsp3) is 0.529. The minimum absolute atomic E-state index is 0.149. The number of aliphatic hydroxyl groups is 1. The zero-order chi connectivity index (χ0) is 19.2. The summed E-state index contributed by atoms with van der Waals surface area (Å²) in [6.07, 6.45) is -4.63. The van der Waals surface area contributed by atoms with Crippen LogP contribution < -0.4 is 5.32 Å². The number of rotatable bonds is 3. The number of imidazole rings is 1. The van der Waals surface area contributed by atoms with Crippen molar-refractivity contribution in [2.24, 2.45) is 0 Å². The van der Waals surface area contributed by atoms with Crippen LogP contribution in [-0.4, -0.2) is 26.2 Å². The number of nitrogens with one attached hydrogen (secondary N) is 1. The van der Waals surface area contributed by atoms with E-state index in [2.05, 4.69) is 10.3 Å². The molecule has 0 bridgehead atoms. The third-order valence-corrected chi connectivity index (χ3v) is 3.50. The van der Waals surface area contributed by atoms with Gasteiger partial charge in [0.15, 0.2) is 0 Å². The van der Waals surface area contributed by atoms with Gasteiger partial charge in [-0.05, 0) is 52.8 Å². The van der Waals surface area contributed by atoms with Gasteiger partial charge in [-0.25, -0.2) is 4.98 Å². The van der Waals surface area contributed by atoms with E-state index in [1.807, 2.05) is 0 Å². The first kappa shape index (κ1) is 19.2. The summed E-state index contributed by atoms with van der Waals surface area (Å²) in [4.78, 5) is 16.4. The number of amides is 1. The Hall–Kier alpha value is -2.09. The Morgan fingerprint density at radius 2 is 1.80 bits per heavy atom. The van der Waals surface area contributed by atoms with Gasteiger partial charge in [0.1, 0.15) is 0 Å². The van der Waals surface area contributed by atoms with Crippen molar-refractivity contribution in [1.82, 2.24) is 9.55 Å². The third kappa shape index (κ3) is 4.50. The normalized spacial score (nSPS) is 13.3. The summed E-state index contributed by atoms with van der Waals surface area (Å²) in [7, 11) is 0. The number of carbonyl (C=O) groups excluding carboxylic acids is 1. The lowest BCUT2D eigenvalue weighted by Crippen LogP contribution is -2.30. The summed E-state index contributed by atoms with van der Waals surface area (Å²) in [5.41, 5.74) is -1.97. The molecular formula is C17H22F3N3O2. The van der Waals surface area contributed by atoms with Gasteiger partial charge in [0.05, 0.1) is 28.6 Å². The van der Waals surface area contributed by atoms with E-state index in [-0.39, 0.29) is 17.9 Å². The van der Waals surface area contributed by atoms with Crippen molar-refractivity contribution in [3.8, 4) is 0 Å². The highest BCUT2D eigenvalue weighted by Gasteiger charge is 2.32. The quantitative estimate of drug-likeness (QED) is 0.875. The number of carbonyl (C=O) groups is 1. The van der Waals surface area contributed by atoms with Crippen molar-refractivity contribution in [2.75, 3.05) is 5.32 Å². The first-order valence-electron chi connectivity index (χ1n) is 7.81. The lowest BCUT2D eigenvalue weighted by atomic mass is 10.1. The van der Waals surface area contributed by atoms with Gasteiger partial charge in [-0.1, -0.05) is 0 Å². The van der Waals surface area contributed by atoms with Crippen molar-refractivity contribution in [3.05, 3.63) is 23.8 Å². The summed E-state index contributed by atoms with van der Waals surface area (Å²) >= 11 is 0. The van der Waals surface area contributed by atoms with Crippen molar-refractivity contribution in [3.63, 3.8) is 0 Å². The maximum Gasteiger partial charge on any atom is 0.416 e. The monoisotopic (exact) mass is 357 g/mol. The number of alkyl halides is 3. The first-order valence-corrected chi connectivity index (χ1v) is 7.81. The predicted octanol–water partition coefficient (Wildman–Crippen LogP) is 3.91. The van der Waals surface area contributed by atoms with Crippen LogP contribution in [0.3, 0.4) is 0 Å². The number of aromatic nitrogens is 2. The summed E-state index contributed by atoms with van der Waals surface area (Å²) in [6.45, 7) is 8.41. The zero-order valence-corrected chi connectivity index (χ0v) is 14.8. The molecule has 8 heteroatoms. The van der Waals surface area contributed by atoms with Crippen LogP contribution in [0.4, 0.5) is 19.1 Å². The van der Waals surface area contributed by atoms with E-state index in [0.29, 0.717) is 5.52 Å². The molecule has 2 rings (SSSR count). The second-order valence-corrected chi connectivity index (χ2v) is 7.68. The summed E-state index contributed by atoms with van der Waals surface area (Å²) in [5.74, 6) is -0.319. The number of hydrogen-bond acceptors (Lipinski definition) is 3. The van der Waals surface area contributed by atoms with Gasteiger partial charge in [0, 0.05) is 5.54 Å². The highest BCUT2D eigenvalue weighted by Crippen LogP contribution is 2.34. The van der Waals surface area contributed by atoms with E-state index in [1.165, 1.54) is 19.9 Å². The van der Waals surface area contributed by atoms with Crippen LogP contribution >= 0.6 is 0 Å². The molecule has 2 aromatic rings. The number of fused-ring (bicyclic) bond motifs is 1. The van der Waals surface area contributed by atoms with E-state index in [4.69, 9.17) is 0 Å². The third-order valence-electron chi connectivity index (χ3n) is 3.50. The largest absolute Gasteiger partial charge is 0.416 e. The molecule has 138 valence electrons. The lowest BCUT2D eigenvalue weighted by Gasteiger charge is -2.25. The molecule has 0 aliphatic heterocycles. The molecule has 0 saturated heterocycles. The predicted molar refractivity (Wildman–Crippen MR) is 89.3 cm³/mol. The van der Waals surface area contributed by atoms with E-state index in [9.17, 15) is 23.1 Å². The number of anilines is 1. The molecule has 2 N–H and O–H groups in total. The van der Waals surface area contributed by atoms with Crippen LogP contribution in [0.5, 0.6) is 0 Å². The Morgan fingerprint density at radius 1 is 1.20 bits per heavy atom. The molecule has 0 aliphatic carbocycles. The van der Waals surface area contributed by atoms with Crippen molar-refractivity contribution >= 4 is 22.9 Å². The van der Waals surface area contributed by atoms with Gasteiger partial charge in [0.25, 0.3) is 0 Å². The van der Waals surface area contributed by atoms with Crippen LogP contribution in [0.1, 0.15) is 46.6 Å². The molecule has 25 heavy (non-hydrogen) atoms. The standard InChI is InChI=1S/C17H22F3N3O2/c1-15(2,3)23-12-8-10(17(18,19)20)6-7-11(12)21-14(23)22-13(24)9-16(4,5)25/h6-8,25H,9H2,1-5H3,(H,21,22,24). The van der Waals surface area contributed by atoms with Crippen LogP contribution in [0.2, 0.25) is 0 Å². The summed E-state index contributed by atoms with van der Waals surface area (Å²) in [5, 5.41) is 12.3. The smallest absolute Gasteiger partial charge is 0.390 e. The highest BCUT2D eigenvalue weighted by atomic mass is 19.4. The average Bonchev–Trinajstić information content (AvgIpc) is 2.71. The van der Waals surface area contributed by atoms with Crippen molar-refractivity contribution in [1.29, 1.82) is 0 Å². The molecule has 0 atom stereocenters. The molecule has 0 spiro atoms. The van der Waals surface area contributed by atoms with Crippen LogP contribution in [0.25, 0.3) is 11.0 Å². The van der Waals surface area contributed by atoms with Crippen LogP contribution in [0.15, 0.2) is 18.2 Å². The molecule has 0 radical (unpaired) electrons. The maximum atomic E-state index is 13.0. The van der Waals surface area contributed by atoms with E-state index < -0.39 is 28.8 Å². The maximum absolute atomic E-state index is 13.0. The molecular weight excluding hydrogens is 335 g/mol. The minimum atomic E-state index is -4.47. The topological polar surface area (TPSA) is 67.2 Å². The van der Waals surface area contributed by atoms with Crippen LogP contribution in [0, 0.1) is 0 Å². The zero-order valence-electron chi connectivity index (χ0n) is 14.8. The van der Waals surface area contributed by atoms with Gasteiger partial charge < -0.3 is 9.67 Å². The number of halogens is 3. The van der Waals surface area contributed by atoms with Gasteiger partial charge in [-0.3, -0.25) is 10.1 Å².